The first kappa shape index (κ1) is 12.6. The van der Waals surface area contributed by atoms with Crippen LogP contribution in [0.3, 0.4) is 0 Å². The summed E-state index contributed by atoms with van der Waals surface area (Å²) in [4.78, 5) is 4.25. The third-order valence-electron chi connectivity index (χ3n) is 2.96. The van der Waals surface area contributed by atoms with Crippen molar-refractivity contribution in [1.29, 1.82) is 0 Å². The first-order chi connectivity index (χ1) is 9.06. The van der Waals surface area contributed by atoms with Crippen molar-refractivity contribution in [2.24, 2.45) is 0 Å². The van der Waals surface area contributed by atoms with Crippen LogP contribution in [0.2, 0.25) is 5.15 Å². The molecule has 0 N–H and O–H groups in total. The van der Waals surface area contributed by atoms with Gasteiger partial charge < -0.3 is 0 Å². The zero-order valence-corrected chi connectivity index (χ0v) is 12.7. The number of halogens is 2. The Labute approximate surface area is 123 Å². The minimum Gasteiger partial charge on any atom is -0.263 e. The zero-order valence-electron chi connectivity index (χ0n) is 10.4. The number of aromatic nitrogens is 4. The molecular formula is C13H10BrClN4. The Hall–Kier alpha value is -1.46. The molecular weight excluding hydrogens is 328 g/mol. The first-order valence-corrected chi connectivity index (χ1v) is 6.88. The maximum absolute atomic E-state index is 5.93. The van der Waals surface area contributed by atoms with Gasteiger partial charge in [-0.3, -0.25) is 4.40 Å². The lowest BCUT2D eigenvalue weighted by Crippen LogP contribution is -1.98. The minimum absolute atomic E-state index is 0.427. The summed E-state index contributed by atoms with van der Waals surface area (Å²) in [6.07, 6.45) is 0. The Kier molecular flexibility index (Phi) is 3.03. The van der Waals surface area contributed by atoms with Gasteiger partial charge in [0.15, 0.2) is 11.5 Å². The minimum atomic E-state index is 0.427. The Morgan fingerprint density at radius 3 is 2.68 bits per heavy atom. The van der Waals surface area contributed by atoms with Gasteiger partial charge in [0.05, 0.1) is 0 Å². The van der Waals surface area contributed by atoms with E-state index >= 15 is 0 Å². The highest BCUT2D eigenvalue weighted by atomic mass is 79.9. The molecule has 19 heavy (non-hydrogen) atoms. The van der Waals surface area contributed by atoms with Crippen molar-refractivity contribution >= 4 is 33.2 Å². The van der Waals surface area contributed by atoms with E-state index in [1.807, 2.05) is 30.4 Å². The van der Waals surface area contributed by atoms with E-state index in [4.69, 9.17) is 11.6 Å². The van der Waals surface area contributed by atoms with E-state index in [1.165, 1.54) is 0 Å². The fourth-order valence-corrected chi connectivity index (χ4v) is 2.80. The highest BCUT2D eigenvalue weighted by Crippen LogP contribution is 2.26. The summed E-state index contributed by atoms with van der Waals surface area (Å²) >= 11 is 9.39. The molecule has 3 rings (SSSR count). The molecule has 0 spiro atoms. The monoisotopic (exact) mass is 336 g/mol. The van der Waals surface area contributed by atoms with Gasteiger partial charge >= 0.3 is 0 Å². The number of hydrogen-bond donors (Lipinski definition) is 0. The van der Waals surface area contributed by atoms with Crippen LogP contribution in [0.4, 0.5) is 0 Å². The van der Waals surface area contributed by atoms with Crippen LogP contribution in [0.15, 0.2) is 28.7 Å². The maximum Gasteiger partial charge on any atom is 0.170 e. The fraction of sp³-hybridized carbons (Fsp3) is 0.154. The Morgan fingerprint density at radius 2 is 1.95 bits per heavy atom. The topological polar surface area (TPSA) is 43.1 Å². The van der Waals surface area contributed by atoms with Gasteiger partial charge in [0.1, 0.15) is 11.0 Å². The van der Waals surface area contributed by atoms with E-state index in [0.717, 1.165) is 27.2 Å². The molecule has 0 aliphatic carbocycles. The summed E-state index contributed by atoms with van der Waals surface area (Å²) < 4.78 is 2.95. The molecule has 1 aromatic carbocycles. The van der Waals surface area contributed by atoms with Crippen LogP contribution in [0.1, 0.15) is 11.4 Å². The van der Waals surface area contributed by atoms with Crippen LogP contribution >= 0.6 is 27.5 Å². The number of benzene rings is 1. The Balaban J connectivity index is 2.31. The quantitative estimate of drug-likeness (QED) is 0.634. The number of rotatable bonds is 1. The second kappa shape index (κ2) is 4.58. The predicted molar refractivity (Wildman–Crippen MR) is 78.4 cm³/mol. The van der Waals surface area contributed by atoms with Crippen molar-refractivity contribution in [1.82, 2.24) is 19.6 Å². The molecule has 0 saturated heterocycles. The second-order valence-electron chi connectivity index (χ2n) is 4.30. The Bertz CT molecular complexity index is 782. The molecule has 0 amide bonds. The van der Waals surface area contributed by atoms with Crippen molar-refractivity contribution in [2.75, 3.05) is 0 Å². The van der Waals surface area contributed by atoms with E-state index in [2.05, 4.69) is 37.2 Å². The molecule has 3 aromatic rings. The third-order valence-corrected chi connectivity index (χ3v) is 3.64. The summed E-state index contributed by atoms with van der Waals surface area (Å²) in [6.45, 7) is 3.93. The number of aryl methyl sites for hydroxylation is 2. The molecule has 0 saturated carbocycles. The zero-order chi connectivity index (χ0) is 13.6. The third kappa shape index (κ3) is 2.13. The van der Waals surface area contributed by atoms with Crippen molar-refractivity contribution in [3.63, 3.8) is 0 Å². The van der Waals surface area contributed by atoms with Gasteiger partial charge in [0, 0.05) is 16.1 Å². The molecule has 0 bridgehead atoms. The predicted octanol–water partition coefficient (Wildman–Crippen LogP) is 3.82. The van der Waals surface area contributed by atoms with E-state index < -0.39 is 0 Å². The van der Waals surface area contributed by atoms with Gasteiger partial charge in [-0.25, -0.2) is 4.98 Å². The van der Waals surface area contributed by atoms with E-state index in [-0.39, 0.29) is 0 Å². The number of fused-ring (bicyclic) bond motifs is 1. The molecule has 0 aliphatic heterocycles. The van der Waals surface area contributed by atoms with Gasteiger partial charge in [-0.05, 0) is 37.6 Å². The largest absolute Gasteiger partial charge is 0.263 e. The highest BCUT2D eigenvalue weighted by molar-refractivity contribution is 9.10. The standard InChI is InChI=1S/C13H10BrClN4/c1-7-5-9(14)3-4-10(7)13-18-17-12-6-11(15)16-8(2)19(12)13/h3-6H,1-2H3. The smallest absolute Gasteiger partial charge is 0.170 e. The van der Waals surface area contributed by atoms with E-state index in [1.54, 1.807) is 6.07 Å². The van der Waals surface area contributed by atoms with Crippen LogP contribution in [-0.2, 0) is 0 Å². The van der Waals surface area contributed by atoms with Crippen molar-refractivity contribution < 1.29 is 0 Å². The Morgan fingerprint density at radius 1 is 1.16 bits per heavy atom. The number of nitrogens with zero attached hydrogens (tertiary/aromatic N) is 4. The molecule has 0 fully saturated rings. The van der Waals surface area contributed by atoms with Gasteiger partial charge in [-0.1, -0.05) is 27.5 Å². The molecule has 2 heterocycles. The molecule has 0 atom stereocenters. The van der Waals surface area contributed by atoms with E-state index in [0.29, 0.717) is 10.8 Å². The number of hydrogen-bond acceptors (Lipinski definition) is 3. The van der Waals surface area contributed by atoms with Crippen LogP contribution in [0.25, 0.3) is 17.0 Å². The van der Waals surface area contributed by atoms with Crippen LogP contribution in [-0.4, -0.2) is 19.6 Å². The molecule has 6 heteroatoms. The molecule has 0 aliphatic rings. The second-order valence-corrected chi connectivity index (χ2v) is 5.61. The van der Waals surface area contributed by atoms with Crippen LogP contribution < -0.4 is 0 Å². The average molecular weight is 338 g/mol. The lowest BCUT2D eigenvalue weighted by molar-refractivity contribution is 0.987. The maximum atomic E-state index is 5.93. The molecule has 96 valence electrons. The summed E-state index contributed by atoms with van der Waals surface area (Å²) in [5, 5.41) is 8.84. The average Bonchev–Trinajstić information content (AvgIpc) is 2.72. The normalized spacial score (nSPS) is 11.2. The molecule has 0 unspecified atom stereocenters. The van der Waals surface area contributed by atoms with Crippen molar-refractivity contribution in [3.8, 4) is 11.4 Å². The van der Waals surface area contributed by atoms with E-state index in [9.17, 15) is 0 Å². The van der Waals surface area contributed by atoms with Crippen molar-refractivity contribution in [2.45, 2.75) is 13.8 Å². The summed E-state index contributed by atoms with van der Waals surface area (Å²) in [7, 11) is 0. The highest BCUT2D eigenvalue weighted by Gasteiger charge is 2.13. The molecule has 0 radical (unpaired) electrons. The van der Waals surface area contributed by atoms with Gasteiger partial charge in [-0.15, -0.1) is 10.2 Å². The first-order valence-electron chi connectivity index (χ1n) is 5.71. The SMILES string of the molecule is Cc1cc(Br)ccc1-c1nnc2cc(Cl)nc(C)n12. The van der Waals surface area contributed by atoms with Crippen LogP contribution in [0.5, 0.6) is 0 Å². The van der Waals surface area contributed by atoms with Gasteiger partial charge in [-0.2, -0.15) is 0 Å². The molecule has 2 aromatic heterocycles. The molecule has 4 nitrogen and oxygen atoms in total. The van der Waals surface area contributed by atoms with Gasteiger partial charge in [0.2, 0.25) is 0 Å². The fourth-order valence-electron chi connectivity index (χ4n) is 2.10. The summed E-state index contributed by atoms with van der Waals surface area (Å²) in [5.74, 6) is 1.55. The lowest BCUT2D eigenvalue weighted by atomic mass is 10.1. The lowest BCUT2D eigenvalue weighted by Gasteiger charge is -2.06. The summed E-state index contributed by atoms with van der Waals surface area (Å²) in [6, 6.07) is 7.76. The summed E-state index contributed by atoms with van der Waals surface area (Å²) in [5.41, 5.74) is 2.86. The van der Waals surface area contributed by atoms with Crippen molar-refractivity contribution in [3.05, 3.63) is 45.3 Å². The van der Waals surface area contributed by atoms with Crippen LogP contribution in [0, 0.1) is 13.8 Å². The van der Waals surface area contributed by atoms with Gasteiger partial charge in [0.25, 0.3) is 0 Å².